The summed E-state index contributed by atoms with van der Waals surface area (Å²) in [6.45, 7) is 2.91. The first-order valence-electron chi connectivity index (χ1n) is 6.39. The van der Waals surface area contributed by atoms with Gasteiger partial charge in [-0.15, -0.1) is 12.4 Å². The molecule has 1 aliphatic rings. The van der Waals surface area contributed by atoms with E-state index in [2.05, 4.69) is 10.6 Å². The van der Waals surface area contributed by atoms with Gasteiger partial charge in [0.05, 0.1) is 19.2 Å². The van der Waals surface area contributed by atoms with Gasteiger partial charge in [-0.2, -0.15) is 0 Å². The lowest BCUT2D eigenvalue weighted by molar-refractivity contribution is -0.123. The Bertz CT molecular complexity index is 420. The highest BCUT2D eigenvalue weighted by Gasteiger charge is 2.23. The number of benzene rings is 1. The third kappa shape index (κ3) is 3.85. The molecular weight excluding hydrogens is 264 g/mol. The van der Waals surface area contributed by atoms with Gasteiger partial charge in [0.25, 0.3) is 0 Å². The van der Waals surface area contributed by atoms with Gasteiger partial charge in [0.1, 0.15) is 5.75 Å². The molecule has 1 amide bonds. The van der Waals surface area contributed by atoms with Crippen molar-refractivity contribution in [1.29, 1.82) is 0 Å². The van der Waals surface area contributed by atoms with E-state index in [0.29, 0.717) is 0 Å². The number of rotatable bonds is 4. The highest BCUT2D eigenvalue weighted by atomic mass is 35.5. The molecule has 1 aromatic carbocycles. The molecule has 2 atom stereocenters. The first-order valence-corrected chi connectivity index (χ1v) is 6.39. The summed E-state index contributed by atoms with van der Waals surface area (Å²) in [5.41, 5.74) is 1.01. The van der Waals surface area contributed by atoms with E-state index >= 15 is 0 Å². The predicted molar refractivity (Wildman–Crippen MR) is 77.8 cm³/mol. The highest BCUT2D eigenvalue weighted by molar-refractivity contribution is 5.85. The number of methoxy groups -OCH3 is 1. The minimum atomic E-state index is -0.0453. The molecule has 1 unspecified atom stereocenters. The molecule has 1 aliphatic heterocycles. The molecule has 2 rings (SSSR count). The number of nitrogens with one attached hydrogen (secondary N) is 2. The van der Waals surface area contributed by atoms with Crippen LogP contribution in [0.1, 0.15) is 31.4 Å². The zero-order valence-corrected chi connectivity index (χ0v) is 12.1. The number of hydrogen-bond acceptors (Lipinski definition) is 3. The molecule has 4 nitrogen and oxygen atoms in total. The van der Waals surface area contributed by atoms with Crippen LogP contribution in [0.25, 0.3) is 0 Å². The summed E-state index contributed by atoms with van der Waals surface area (Å²) in [5.74, 6) is 0.885. The Morgan fingerprint density at radius 3 is 2.84 bits per heavy atom. The fraction of sp³-hybridized carbons (Fsp3) is 0.500. The second-order valence-corrected chi connectivity index (χ2v) is 4.62. The minimum absolute atomic E-state index is 0. The molecule has 0 bridgehead atoms. The van der Waals surface area contributed by atoms with Gasteiger partial charge in [-0.1, -0.05) is 18.2 Å². The van der Waals surface area contributed by atoms with E-state index in [4.69, 9.17) is 4.74 Å². The third-order valence-electron chi connectivity index (χ3n) is 3.34. The zero-order chi connectivity index (χ0) is 13.0. The number of amides is 1. The Labute approximate surface area is 120 Å². The van der Waals surface area contributed by atoms with Gasteiger partial charge in [0.15, 0.2) is 0 Å². The van der Waals surface area contributed by atoms with Gasteiger partial charge in [0, 0.05) is 5.56 Å². The molecule has 1 saturated heterocycles. The standard InChI is InChI=1S/C14H20N2O2.ClH/c1-10(11-6-3-4-8-13(11)18-2)16-14(17)12-7-5-9-15-12;/h3-4,6,8,10,12,15H,5,7,9H2,1-2H3,(H,16,17);1H/t10?,12-;/m0./s1. The van der Waals surface area contributed by atoms with Gasteiger partial charge in [0.2, 0.25) is 5.91 Å². The Hall–Kier alpha value is -1.26. The van der Waals surface area contributed by atoms with E-state index in [-0.39, 0.29) is 30.4 Å². The predicted octanol–water partition coefficient (Wildman–Crippen LogP) is 2.05. The van der Waals surface area contributed by atoms with Crippen molar-refractivity contribution in [2.75, 3.05) is 13.7 Å². The smallest absolute Gasteiger partial charge is 0.237 e. The largest absolute Gasteiger partial charge is 0.496 e. The zero-order valence-electron chi connectivity index (χ0n) is 11.3. The normalized spacial score (nSPS) is 19.4. The Kier molecular flexibility index (Phi) is 6.12. The summed E-state index contributed by atoms with van der Waals surface area (Å²) < 4.78 is 5.31. The van der Waals surface area contributed by atoms with Gasteiger partial charge in [-0.05, 0) is 32.4 Å². The summed E-state index contributed by atoms with van der Waals surface area (Å²) in [4.78, 5) is 12.0. The van der Waals surface area contributed by atoms with Gasteiger partial charge in [-0.3, -0.25) is 4.79 Å². The molecule has 5 heteroatoms. The van der Waals surface area contributed by atoms with Crippen LogP contribution < -0.4 is 15.4 Å². The van der Waals surface area contributed by atoms with E-state index in [9.17, 15) is 4.79 Å². The van der Waals surface area contributed by atoms with E-state index in [1.165, 1.54) is 0 Å². The van der Waals surface area contributed by atoms with Crippen LogP contribution in [0.15, 0.2) is 24.3 Å². The van der Waals surface area contributed by atoms with Crippen molar-refractivity contribution < 1.29 is 9.53 Å². The van der Waals surface area contributed by atoms with Crippen LogP contribution in [-0.2, 0) is 4.79 Å². The molecule has 2 N–H and O–H groups in total. The molecule has 0 saturated carbocycles. The quantitative estimate of drug-likeness (QED) is 0.890. The van der Waals surface area contributed by atoms with Gasteiger partial charge >= 0.3 is 0 Å². The van der Waals surface area contributed by atoms with E-state index < -0.39 is 0 Å². The molecule has 1 fully saturated rings. The SMILES string of the molecule is COc1ccccc1C(C)NC(=O)[C@@H]1CCCN1.Cl. The average molecular weight is 285 g/mol. The van der Waals surface area contributed by atoms with Crippen LogP contribution in [0.2, 0.25) is 0 Å². The first kappa shape index (κ1) is 15.8. The van der Waals surface area contributed by atoms with Gasteiger partial charge < -0.3 is 15.4 Å². The van der Waals surface area contributed by atoms with Crippen LogP contribution in [-0.4, -0.2) is 25.6 Å². The Morgan fingerprint density at radius 1 is 1.47 bits per heavy atom. The molecule has 0 aromatic heterocycles. The van der Waals surface area contributed by atoms with Crippen molar-refractivity contribution in [3.63, 3.8) is 0 Å². The number of ether oxygens (including phenoxy) is 1. The maximum Gasteiger partial charge on any atom is 0.237 e. The first-order chi connectivity index (χ1) is 8.72. The fourth-order valence-corrected chi connectivity index (χ4v) is 2.32. The number of para-hydroxylation sites is 1. The number of carbonyl (C=O) groups is 1. The summed E-state index contributed by atoms with van der Waals surface area (Å²) in [6.07, 6.45) is 1.99. The summed E-state index contributed by atoms with van der Waals surface area (Å²) in [6, 6.07) is 7.68. The number of carbonyl (C=O) groups excluding carboxylic acids is 1. The lowest BCUT2D eigenvalue weighted by Gasteiger charge is -2.19. The molecule has 1 aromatic rings. The Balaban J connectivity index is 0.00000180. The lowest BCUT2D eigenvalue weighted by atomic mass is 10.1. The summed E-state index contributed by atoms with van der Waals surface area (Å²) in [5, 5.41) is 6.23. The molecule has 0 radical (unpaired) electrons. The molecule has 0 spiro atoms. The number of halogens is 1. The molecule has 19 heavy (non-hydrogen) atoms. The molecule has 106 valence electrons. The maximum absolute atomic E-state index is 12.0. The van der Waals surface area contributed by atoms with Crippen LogP contribution in [0.3, 0.4) is 0 Å². The average Bonchev–Trinajstić information content (AvgIpc) is 2.92. The monoisotopic (exact) mass is 284 g/mol. The highest BCUT2D eigenvalue weighted by Crippen LogP contribution is 2.24. The van der Waals surface area contributed by atoms with Gasteiger partial charge in [-0.25, -0.2) is 0 Å². The van der Waals surface area contributed by atoms with E-state index in [0.717, 1.165) is 30.7 Å². The Morgan fingerprint density at radius 2 is 2.21 bits per heavy atom. The van der Waals surface area contributed by atoms with Crippen molar-refractivity contribution in [3.05, 3.63) is 29.8 Å². The van der Waals surface area contributed by atoms with Crippen LogP contribution in [0, 0.1) is 0 Å². The van der Waals surface area contributed by atoms with Crippen molar-refractivity contribution in [2.24, 2.45) is 0 Å². The maximum atomic E-state index is 12.0. The van der Waals surface area contributed by atoms with Crippen molar-refractivity contribution in [3.8, 4) is 5.75 Å². The fourth-order valence-electron chi connectivity index (χ4n) is 2.32. The molecular formula is C14H21ClN2O2. The van der Waals surface area contributed by atoms with Crippen LogP contribution in [0.5, 0.6) is 5.75 Å². The minimum Gasteiger partial charge on any atom is -0.496 e. The van der Waals surface area contributed by atoms with Crippen molar-refractivity contribution in [1.82, 2.24) is 10.6 Å². The lowest BCUT2D eigenvalue weighted by Crippen LogP contribution is -2.41. The van der Waals surface area contributed by atoms with E-state index in [1.54, 1.807) is 7.11 Å². The summed E-state index contributed by atoms with van der Waals surface area (Å²) in [7, 11) is 1.64. The second kappa shape index (κ2) is 7.36. The number of hydrogen-bond donors (Lipinski definition) is 2. The summed E-state index contributed by atoms with van der Waals surface area (Å²) >= 11 is 0. The van der Waals surface area contributed by atoms with Crippen LogP contribution >= 0.6 is 12.4 Å². The van der Waals surface area contributed by atoms with Crippen molar-refractivity contribution in [2.45, 2.75) is 31.8 Å². The molecule has 1 heterocycles. The van der Waals surface area contributed by atoms with Crippen LogP contribution in [0.4, 0.5) is 0 Å². The van der Waals surface area contributed by atoms with Crippen molar-refractivity contribution >= 4 is 18.3 Å². The molecule has 0 aliphatic carbocycles. The topological polar surface area (TPSA) is 50.4 Å². The third-order valence-corrected chi connectivity index (χ3v) is 3.34. The second-order valence-electron chi connectivity index (χ2n) is 4.62. The van der Waals surface area contributed by atoms with E-state index in [1.807, 2.05) is 31.2 Å².